The first kappa shape index (κ1) is 20.1. The van der Waals surface area contributed by atoms with Crippen molar-refractivity contribution < 1.29 is 13.9 Å². The van der Waals surface area contributed by atoms with E-state index in [1.807, 2.05) is 37.3 Å². The standard InChI is InChI=1S/C20H17ClFN3O2S/c1-2-27-15-6-3-13(4-7-15)18-9-10-20(25-24-18)28-12-19(26)23-14-5-8-16(21)17(22)11-14/h3-11H,2,12H2,1H3,(H,23,26). The molecule has 8 heteroatoms. The van der Waals surface area contributed by atoms with E-state index >= 15 is 0 Å². The highest BCUT2D eigenvalue weighted by Gasteiger charge is 2.08. The van der Waals surface area contributed by atoms with Crippen LogP contribution in [0, 0.1) is 5.82 Å². The first-order valence-corrected chi connectivity index (χ1v) is 9.86. The molecule has 144 valence electrons. The van der Waals surface area contributed by atoms with Gasteiger partial charge in [0, 0.05) is 11.3 Å². The molecule has 0 bridgehead atoms. The van der Waals surface area contributed by atoms with E-state index in [2.05, 4.69) is 15.5 Å². The van der Waals surface area contributed by atoms with Gasteiger partial charge in [-0.1, -0.05) is 23.4 Å². The quantitative estimate of drug-likeness (QED) is 0.544. The number of nitrogens with one attached hydrogen (secondary N) is 1. The van der Waals surface area contributed by atoms with Crippen molar-refractivity contribution in [1.29, 1.82) is 0 Å². The first-order valence-electron chi connectivity index (χ1n) is 8.50. The average Bonchev–Trinajstić information content (AvgIpc) is 2.70. The van der Waals surface area contributed by atoms with Crippen LogP contribution in [0.1, 0.15) is 6.92 Å². The van der Waals surface area contributed by atoms with E-state index < -0.39 is 5.82 Å². The summed E-state index contributed by atoms with van der Waals surface area (Å²) in [4.78, 5) is 12.0. The van der Waals surface area contributed by atoms with Crippen LogP contribution in [0.4, 0.5) is 10.1 Å². The monoisotopic (exact) mass is 417 g/mol. The third-order valence-electron chi connectivity index (χ3n) is 3.66. The summed E-state index contributed by atoms with van der Waals surface area (Å²) >= 11 is 6.87. The zero-order valence-corrected chi connectivity index (χ0v) is 16.6. The number of anilines is 1. The van der Waals surface area contributed by atoms with Gasteiger partial charge in [-0.3, -0.25) is 4.79 Å². The van der Waals surface area contributed by atoms with Crippen molar-refractivity contribution in [1.82, 2.24) is 10.2 Å². The Hall–Kier alpha value is -2.64. The van der Waals surface area contributed by atoms with Crippen LogP contribution in [-0.2, 0) is 4.79 Å². The molecule has 0 aliphatic carbocycles. The predicted molar refractivity (Wildman–Crippen MR) is 109 cm³/mol. The summed E-state index contributed by atoms with van der Waals surface area (Å²) in [7, 11) is 0. The summed E-state index contributed by atoms with van der Waals surface area (Å²) in [6.45, 7) is 2.55. The number of carbonyl (C=O) groups is 1. The van der Waals surface area contributed by atoms with Gasteiger partial charge in [0.1, 0.15) is 16.6 Å². The number of halogens is 2. The van der Waals surface area contributed by atoms with Crippen molar-refractivity contribution in [3.63, 3.8) is 0 Å². The van der Waals surface area contributed by atoms with Gasteiger partial charge in [-0.05, 0) is 61.5 Å². The molecule has 1 heterocycles. The Bertz CT molecular complexity index is 953. The molecule has 0 saturated heterocycles. The molecule has 0 saturated carbocycles. The molecule has 0 radical (unpaired) electrons. The fourth-order valence-corrected chi connectivity index (χ4v) is 3.08. The maximum absolute atomic E-state index is 13.4. The van der Waals surface area contributed by atoms with Crippen molar-refractivity contribution in [2.75, 3.05) is 17.7 Å². The SMILES string of the molecule is CCOc1ccc(-c2ccc(SCC(=O)Nc3ccc(Cl)c(F)c3)nn2)cc1. The van der Waals surface area contributed by atoms with Crippen LogP contribution in [0.5, 0.6) is 5.75 Å². The average molecular weight is 418 g/mol. The Labute approximate surface area is 171 Å². The van der Waals surface area contributed by atoms with Crippen LogP contribution < -0.4 is 10.1 Å². The maximum atomic E-state index is 13.4. The van der Waals surface area contributed by atoms with E-state index in [4.69, 9.17) is 16.3 Å². The molecule has 1 aromatic heterocycles. The Morgan fingerprint density at radius 2 is 1.93 bits per heavy atom. The van der Waals surface area contributed by atoms with Gasteiger partial charge in [0.2, 0.25) is 5.91 Å². The number of carbonyl (C=O) groups excluding carboxylic acids is 1. The maximum Gasteiger partial charge on any atom is 0.234 e. The van der Waals surface area contributed by atoms with Gasteiger partial charge in [-0.15, -0.1) is 10.2 Å². The molecule has 5 nitrogen and oxygen atoms in total. The number of thioether (sulfide) groups is 1. The number of benzene rings is 2. The minimum atomic E-state index is -0.581. The third kappa shape index (κ3) is 5.43. The summed E-state index contributed by atoms with van der Waals surface area (Å²) in [5, 5.41) is 11.6. The van der Waals surface area contributed by atoms with Crippen LogP contribution in [0.2, 0.25) is 5.02 Å². The molecule has 3 rings (SSSR count). The highest BCUT2D eigenvalue weighted by atomic mass is 35.5. The zero-order chi connectivity index (χ0) is 19.9. The van der Waals surface area contributed by atoms with Crippen LogP contribution in [0.15, 0.2) is 59.6 Å². The van der Waals surface area contributed by atoms with Crippen LogP contribution in [-0.4, -0.2) is 28.5 Å². The number of amides is 1. The fraction of sp³-hybridized carbons (Fsp3) is 0.150. The summed E-state index contributed by atoms with van der Waals surface area (Å²) < 4.78 is 18.8. The van der Waals surface area contributed by atoms with Gasteiger partial charge < -0.3 is 10.1 Å². The fourth-order valence-electron chi connectivity index (χ4n) is 2.35. The highest BCUT2D eigenvalue weighted by Crippen LogP contribution is 2.23. The highest BCUT2D eigenvalue weighted by molar-refractivity contribution is 7.99. The number of hydrogen-bond donors (Lipinski definition) is 1. The van der Waals surface area contributed by atoms with Crippen molar-refractivity contribution in [3.8, 4) is 17.0 Å². The third-order valence-corrected chi connectivity index (χ3v) is 4.88. The van der Waals surface area contributed by atoms with Gasteiger partial charge in [0.05, 0.1) is 23.1 Å². The number of aromatic nitrogens is 2. The van der Waals surface area contributed by atoms with E-state index in [-0.39, 0.29) is 16.7 Å². The molecule has 0 atom stereocenters. The lowest BCUT2D eigenvalue weighted by Gasteiger charge is -2.06. The molecule has 1 N–H and O–H groups in total. The lowest BCUT2D eigenvalue weighted by molar-refractivity contribution is -0.113. The second-order valence-corrected chi connectivity index (χ2v) is 7.08. The van der Waals surface area contributed by atoms with Gasteiger partial charge in [-0.25, -0.2) is 4.39 Å². The van der Waals surface area contributed by atoms with Crippen molar-refractivity contribution >= 4 is 35.0 Å². The normalized spacial score (nSPS) is 10.5. The van der Waals surface area contributed by atoms with Crippen LogP contribution in [0.25, 0.3) is 11.3 Å². The molecule has 0 spiro atoms. The number of rotatable bonds is 7. The smallest absolute Gasteiger partial charge is 0.234 e. The van der Waals surface area contributed by atoms with E-state index in [1.54, 1.807) is 12.1 Å². The summed E-state index contributed by atoms with van der Waals surface area (Å²) in [5.74, 6) is 0.0753. The first-order chi connectivity index (χ1) is 13.5. The predicted octanol–water partition coefficient (Wildman–Crippen LogP) is 5.07. The van der Waals surface area contributed by atoms with E-state index in [0.29, 0.717) is 17.3 Å². The van der Waals surface area contributed by atoms with E-state index in [1.165, 1.54) is 23.9 Å². The lowest BCUT2D eigenvalue weighted by Crippen LogP contribution is -2.14. The lowest BCUT2D eigenvalue weighted by atomic mass is 10.1. The van der Waals surface area contributed by atoms with Gasteiger partial charge in [0.25, 0.3) is 0 Å². The molecule has 0 fully saturated rings. The second-order valence-electron chi connectivity index (χ2n) is 5.68. The topological polar surface area (TPSA) is 64.1 Å². The zero-order valence-electron chi connectivity index (χ0n) is 15.0. The van der Waals surface area contributed by atoms with Crippen LogP contribution in [0.3, 0.4) is 0 Å². The van der Waals surface area contributed by atoms with Gasteiger partial charge in [0.15, 0.2) is 0 Å². The Balaban J connectivity index is 1.55. The minimum Gasteiger partial charge on any atom is -0.494 e. The summed E-state index contributed by atoms with van der Waals surface area (Å²) in [6, 6.07) is 15.4. The molecule has 0 aliphatic rings. The molecule has 1 amide bonds. The Morgan fingerprint density at radius 1 is 1.14 bits per heavy atom. The minimum absolute atomic E-state index is 0.00951. The number of nitrogens with zero attached hydrogens (tertiary/aromatic N) is 2. The molecule has 28 heavy (non-hydrogen) atoms. The largest absolute Gasteiger partial charge is 0.494 e. The second kappa shape index (κ2) is 9.52. The molecule has 2 aromatic carbocycles. The van der Waals surface area contributed by atoms with Gasteiger partial charge >= 0.3 is 0 Å². The molecule has 3 aromatic rings. The van der Waals surface area contributed by atoms with E-state index in [9.17, 15) is 9.18 Å². The van der Waals surface area contributed by atoms with Crippen LogP contribution >= 0.6 is 23.4 Å². The van der Waals surface area contributed by atoms with Crippen molar-refractivity contribution in [2.45, 2.75) is 11.9 Å². The summed E-state index contributed by atoms with van der Waals surface area (Å²) in [5.41, 5.74) is 2.01. The summed E-state index contributed by atoms with van der Waals surface area (Å²) in [6.07, 6.45) is 0. The van der Waals surface area contributed by atoms with Crippen molar-refractivity contribution in [3.05, 3.63) is 65.4 Å². The molecule has 0 unspecified atom stereocenters. The Kier molecular flexibility index (Phi) is 6.84. The van der Waals surface area contributed by atoms with E-state index in [0.717, 1.165) is 17.0 Å². The van der Waals surface area contributed by atoms with Gasteiger partial charge in [-0.2, -0.15) is 0 Å². The number of ether oxygens (including phenoxy) is 1. The number of hydrogen-bond acceptors (Lipinski definition) is 5. The molecular formula is C20H17ClFN3O2S. The molecular weight excluding hydrogens is 401 g/mol. The van der Waals surface area contributed by atoms with Crippen molar-refractivity contribution in [2.24, 2.45) is 0 Å². The Morgan fingerprint density at radius 3 is 2.57 bits per heavy atom. The molecule has 0 aliphatic heterocycles.